The highest BCUT2D eigenvalue weighted by atomic mass is 16.5. The molecule has 5 aromatic rings. The zero-order valence-corrected chi connectivity index (χ0v) is 19.2. The predicted molar refractivity (Wildman–Crippen MR) is 139 cm³/mol. The fraction of sp³-hybridized carbons (Fsp3) is 0.360. The summed E-state index contributed by atoms with van der Waals surface area (Å²) in [7, 11) is 1.25. The minimum Gasteiger partial charge on any atom is -0.491 e. The summed E-state index contributed by atoms with van der Waals surface area (Å²) < 4.78 is 139. The molecule has 5 heterocycles. The van der Waals surface area contributed by atoms with Gasteiger partial charge in [0.25, 0.3) is 0 Å². The third-order valence-electron chi connectivity index (χ3n) is 5.07. The number of methoxy groups -OCH3 is 1. The number of nitrogens with two attached hydrogens (primary N) is 1. The van der Waals surface area contributed by atoms with Gasteiger partial charge < -0.3 is 24.5 Å². The van der Waals surface area contributed by atoms with Crippen molar-refractivity contribution in [2.75, 3.05) is 63.4 Å². The molecule has 1 fully saturated rings. The van der Waals surface area contributed by atoms with Crippen molar-refractivity contribution in [2.45, 2.75) is 6.50 Å². The summed E-state index contributed by atoms with van der Waals surface area (Å²) in [4.78, 5) is 8.13. The molecule has 6 rings (SSSR count). The number of rotatable bonds is 9. The van der Waals surface area contributed by atoms with E-state index in [4.69, 9.17) is 38.8 Å². The lowest BCUT2D eigenvalue weighted by atomic mass is 10.2. The van der Waals surface area contributed by atoms with E-state index in [0.29, 0.717) is 4.68 Å². The molecule has 0 unspecified atom stereocenters. The van der Waals surface area contributed by atoms with Gasteiger partial charge >= 0.3 is 0 Å². The lowest BCUT2D eigenvalue weighted by Gasteiger charge is -2.36. The van der Waals surface area contributed by atoms with Crippen LogP contribution in [0.3, 0.4) is 0 Å². The maximum Gasteiger partial charge on any atom is 0.225 e. The molecule has 1 aromatic carbocycles. The molecule has 2 N–H and O–H groups in total. The van der Waals surface area contributed by atoms with E-state index in [-0.39, 0.29) is 39.2 Å². The average molecular weight is 518 g/mol. The summed E-state index contributed by atoms with van der Waals surface area (Å²) >= 11 is 0. The maximum atomic E-state index is 8.93. The second-order valence-corrected chi connectivity index (χ2v) is 7.43. The van der Waals surface area contributed by atoms with Gasteiger partial charge in [-0.25, -0.2) is 9.67 Å². The lowest BCUT2D eigenvalue weighted by Crippen LogP contribution is -2.47. The Morgan fingerprint density at radius 1 is 1.08 bits per heavy atom. The second kappa shape index (κ2) is 10.1. The molecule has 0 atom stereocenters. The highest BCUT2D eigenvalue weighted by Crippen LogP contribution is 2.24. The predicted octanol–water partition coefficient (Wildman–Crippen LogP) is 2.16. The number of nitrogen functional groups attached to an aromatic ring is 1. The summed E-state index contributed by atoms with van der Waals surface area (Å²) in [5.41, 5.74) is 5.24. The molecule has 0 spiro atoms. The Balaban J connectivity index is 1.43. The van der Waals surface area contributed by atoms with Crippen LogP contribution in [0.2, 0.25) is 0 Å². The van der Waals surface area contributed by atoms with Crippen molar-refractivity contribution in [2.24, 2.45) is 0 Å². The van der Waals surface area contributed by atoms with Crippen LogP contribution in [0.1, 0.15) is 19.2 Å². The Kier molecular flexibility index (Phi) is 3.37. The number of nitrogens with zero attached hydrogens (tertiary/aromatic N) is 8. The van der Waals surface area contributed by atoms with Crippen molar-refractivity contribution in [3.05, 3.63) is 48.9 Å². The van der Waals surface area contributed by atoms with Crippen molar-refractivity contribution in [3.63, 3.8) is 0 Å². The van der Waals surface area contributed by atoms with Gasteiger partial charge in [-0.2, -0.15) is 14.6 Å². The van der Waals surface area contributed by atoms with Gasteiger partial charge in [0.15, 0.2) is 17.1 Å². The van der Waals surface area contributed by atoms with Crippen LogP contribution in [0.15, 0.2) is 53.3 Å². The number of fused-ring (bicyclic) bond motifs is 3. The Morgan fingerprint density at radius 3 is 2.68 bits per heavy atom. The number of piperazine rings is 1. The van der Waals surface area contributed by atoms with E-state index in [2.05, 4.69) is 20.2 Å². The van der Waals surface area contributed by atoms with Gasteiger partial charge in [0, 0.05) is 53.5 Å². The maximum absolute atomic E-state index is 8.93. The molecule has 12 nitrogen and oxygen atoms in total. The minimum absolute atomic E-state index is 0.00148. The first kappa shape index (κ1) is 12.4. The van der Waals surface area contributed by atoms with Crippen LogP contribution in [0.5, 0.6) is 5.75 Å². The summed E-state index contributed by atoms with van der Waals surface area (Å²) in [6.45, 7) is -25.1. The van der Waals surface area contributed by atoms with E-state index in [1.165, 1.54) is 13.4 Å². The van der Waals surface area contributed by atoms with Crippen LogP contribution in [0.4, 0.5) is 11.6 Å². The molecular formula is C25H29N9O3. The number of aromatic nitrogens is 6. The standard InChI is InChI=1S/C25H29N9O3/c1-35-15-16-36-19-6-4-18(5-7-19)32-11-8-31(9-12-32)10-13-33-23-20(17-27-33)24-28-22(21-3-2-14-37-21)30-34(24)25(26)29-23/h2-7,14,17H,8-13,15-16H2,1H3,(H2,26,29)/i8D2,9D2,10D2,11D2,12D2,13D2,16D2. The first-order chi connectivity index (χ1) is 23.4. The Labute approximate surface area is 232 Å². The summed E-state index contributed by atoms with van der Waals surface area (Å²) in [5, 5.41) is 8.15. The van der Waals surface area contributed by atoms with E-state index in [9.17, 15) is 0 Å². The molecule has 192 valence electrons. The topological polar surface area (TPSA) is 125 Å². The largest absolute Gasteiger partial charge is 0.491 e. The number of benzene rings is 1. The Morgan fingerprint density at radius 2 is 1.92 bits per heavy atom. The quantitative estimate of drug-likeness (QED) is 0.311. The zero-order valence-electron chi connectivity index (χ0n) is 33.2. The lowest BCUT2D eigenvalue weighted by molar-refractivity contribution is 0.146. The number of ether oxygens (including phenoxy) is 2. The molecule has 4 aromatic heterocycles. The second-order valence-electron chi connectivity index (χ2n) is 7.43. The van der Waals surface area contributed by atoms with Crippen LogP contribution < -0.4 is 15.4 Å². The van der Waals surface area contributed by atoms with Gasteiger partial charge in [0.1, 0.15) is 12.3 Å². The van der Waals surface area contributed by atoms with Gasteiger partial charge in [-0.15, -0.1) is 5.10 Å². The van der Waals surface area contributed by atoms with Gasteiger partial charge in [0.2, 0.25) is 11.8 Å². The molecule has 0 saturated carbocycles. The van der Waals surface area contributed by atoms with E-state index in [1.54, 1.807) is 12.1 Å². The van der Waals surface area contributed by atoms with Crippen LogP contribution in [0, 0.1) is 0 Å². The summed E-state index contributed by atoms with van der Waals surface area (Å²) in [5.74, 6) is -0.118. The number of furan rings is 1. The van der Waals surface area contributed by atoms with Crippen molar-refractivity contribution in [1.82, 2.24) is 34.3 Å². The first-order valence-corrected chi connectivity index (χ1v) is 10.8. The van der Waals surface area contributed by atoms with Crippen molar-refractivity contribution >= 4 is 28.3 Å². The highest BCUT2D eigenvalue weighted by Gasteiger charge is 2.20. The number of aryl methyl sites for hydroxylation is 1. The summed E-state index contributed by atoms with van der Waals surface area (Å²) in [6, 6.07) is 7.48. The van der Waals surface area contributed by atoms with Crippen LogP contribution in [-0.4, -0.2) is 87.0 Å². The van der Waals surface area contributed by atoms with Crippen LogP contribution >= 0.6 is 0 Å². The van der Waals surface area contributed by atoms with Gasteiger partial charge in [0.05, 0.1) is 41.9 Å². The fourth-order valence-corrected chi connectivity index (χ4v) is 3.37. The first-order valence-electron chi connectivity index (χ1n) is 17.8. The molecule has 37 heavy (non-hydrogen) atoms. The normalized spacial score (nSPS) is 26.9. The smallest absolute Gasteiger partial charge is 0.225 e. The molecule has 0 aliphatic carbocycles. The van der Waals surface area contributed by atoms with Crippen LogP contribution in [0.25, 0.3) is 28.3 Å². The fourth-order valence-electron chi connectivity index (χ4n) is 3.37. The van der Waals surface area contributed by atoms with E-state index in [1.807, 2.05) is 0 Å². The van der Waals surface area contributed by atoms with Gasteiger partial charge in [-0.1, -0.05) is 0 Å². The van der Waals surface area contributed by atoms with Crippen molar-refractivity contribution < 1.29 is 33.1 Å². The summed E-state index contributed by atoms with van der Waals surface area (Å²) in [6.07, 6.45) is 2.44. The highest BCUT2D eigenvalue weighted by molar-refractivity contribution is 5.90. The monoisotopic (exact) mass is 517 g/mol. The molecule has 12 heteroatoms. The minimum atomic E-state index is -3.92. The molecule has 1 saturated heterocycles. The molecular weight excluding hydrogens is 474 g/mol. The third kappa shape index (κ3) is 4.68. The van der Waals surface area contributed by atoms with Gasteiger partial charge in [-0.3, -0.25) is 4.90 Å². The molecule has 1 aliphatic rings. The van der Waals surface area contributed by atoms with E-state index in [0.717, 1.165) is 35.0 Å². The number of hydrogen-bond acceptors (Lipinski definition) is 10. The molecule has 0 amide bonds. The number of hydrogen-bond donors (Lipinski definition) is 1. The molecule has 1 aliphatic heterocycles. The Hall–Kier alpha value is -4.16. The van der Waals surface area contributed by atoms with Crippen molar-refractivity contribution in [1.29, 1.82) is 0 Å². The van der Waals surface area contributed by atoms with E-state index < -0.39 is 68.4 Å². The van der Waals surface area contributed by atoms with Crippen LogP contribution in [-0.2, 0) is 11.2 Å². The Bertz CT molecular complexity index is 2060. The third-order valence-corrected chi connectivity index (χ3v) is 5.07. The number of anilines is 2. The van der Waals surface area contributed by atoms with Gasteiger partial charge in [-0.05, 0) is 36.4 Å². The van der Waals surface area contributed by atoms with Crippen molar-refractivity contribution in [3.8, 4) is 17.3 Å². The molecule has 0 radical (unpaired) electrons. The van der Waals surface area contributed by atoms with E-state index >= 15 is 0 Å². The molecule has 0 bridgehead atoms. The average Bonchev–Trinajstić information content (AvgIpc) is 3.76. The zero-order chi connectivity index (χ0) is 37.7. The SMILES string of the molecule is [2H]C([2H])(COC)Oc1ccc(N2C([2H])([2H])C([2H])([2H])N(C([2H])([2H])C([2H])([2H])n3ncc4c3nc(N)n3nc(-c5ccco5)nc43)C([2H])([2H])C2([2H])[2H])cc1.